The van der Waals surface area contributed by atoms with Crippen LogP contribution in [0.1, 0.15) is 30.9 Å². The molecule has 0 unspecified atom stereocenters. The number of hydrogen-bond donors (Lipinski definition) is 1. The summed E-state index contributed by atoms with van der Waals surface area (Å²) in [5.74, 6) is 0. The normalized spacial score (nSPS) is 17.6. The summed E-state index contributed by atoms with van der Waals surface area (Å²) >= 11 is 0. The number of hydrogen-bond acceptors (Lipinski definition) is 2. The quantitative estimate of drug-likeness (QED) is 0.911. The Kier molecular flexibility index (Phi) is 5.65. The Hall–Kier alpha value is -1.04. The minimum absolute atomic E-state index is 0. The Morgan fingerprint density at radius 2 is 1.72 bits per heavy atom. The van der Waals surface area contributed by atoms with Crippen molar-refractivity contribution < 1.29 is 0 Å². The number of nitrogens with zero attached hydrogens (tertiary/aromatic N) is 1. The number of nitriles is 1. The van der Waals surface area contributed by atoms with Crippen molar-refractivity contribution in [2.24, 2.45) is 5.41 Å². The van der Waals surface area contributed by atoms with Crippen LogP contribution in [0, 0.1) is 16.7 Å². The number of nitrogens with one attached hydrogen (secondary N) is 1. The fraction of sp³-hybridized carbons (Fsp3) is 0.533. The van der Waals surface area contributed by atoms with Crippen molar-refractivity contribution in [2.45, 2.75) is 32.6 Å². The van der Waals surface area contributed by atoms with E-state index in [0.29, 0.717) is 0 Å². The predicted octanol–water partition coefficient (Wildman–Crippen LogP) is 3.11. The summed E-state index contributed by atoms with van der Waals surface area (Å²) in [7, 11) is 0. The molecular formula is C15H21ClN2. The summed E-state index contributed by atoms with van der Waals surface area (Å²) in [6, 6.07) is 11.3. The molecule has 0 aliphatic carbocycles. The molecule has 0 amide bonds. The molecule has 1 aliphatic rings. The third kappa shape index (κ3) is 3.48. The van der Waals surface area contributed by atoms with Crippen LogP contribution < -0.4 is 5.32 Å². The molecule has 1 fully saturated rings. The molecule has 0 atom stereocenters. The van der Waals surface area contributed by atoms with Crippen LogP contribution in [0.15, 0.2) is 24.3 Å². The third-order valence-corrected chi connectivity index (χ3v) is 3.77. The molecule has 2 rings (SSSR count). The minimum Gasteiger partial charge on any atom is -0.317 e. The van der Waals surface area contributed by atoms with Crippen molar-refractivity contribution in [3.8, 4) is 6.07 Å². The van der Waals surface area contributed by atoms with E-state index < -0.39 is 0 Å². The second-order valence-electron chi connectivity index (χ2n) is 4.99. The van der Waals surface area contributed by atoms with Crippen LogP contribution >= 0.6 is 12.4 Å². The summed E-state index contributed by atoms with van der Waals surface area (Å²) in [6.07, 6.45) is 3.92. The van der Waals surface area contributed by atoms with Crippen LogP contribution in [0.5, 0.6) is 0 Å². The van der Waals surface area contributed by atoms with E-state index in [2.05, 4.69) is 42.6 Å². The van der Waals surface area contributed by atoms with E-state index in [-0.39, 0.29) is 17.8 Å². The highest BCUT2D eigenvalue weighted by Gasteiger charge is 2.31. The first kappa shape index (κ1) is 15.0. The molecule has 2 nitrogen and oxygen atoms in total. The average molecular weight is 265 g/mol. The van der Waals surface area contributed by atoms with E-state index >= 15 is 0 Å². The van der Waals surface area contributed by atoms with Gasteiger partial charge in [0.25, 0.3) is 0 Å². The fourth-order valence-electron chi connectivity index (χ4n) is 2.52. The Morgan fingerprint density at radius 1 is 1.17 bits per heavy atom. The maximum Gasteiger partial charge on any atom is 0.0694 e. The molecule has 1 aliphatic heterocycles. The Balaban J connectivity index is 0.00000162. The molecule has 0 spiro atoms. The number of halogens is 1. The van der Waals surface area contributed by atoms with Gasteiger partial charge in [0.15, 0.2) is 0 Å². The first-order valence-electron chi connectivity index (χ1n) is 6.48. The van der Waals surface area contributed by atoms with Crippen LogP contribution in [0.25, 0.3) is 0 Å². The lowest BCUT2D eigenvalue weighted by molar-refractivity contribution is 0.280. The molecular weight excluding hydrogens is 244 g/mol. The molecule has 1 aromatic rings. The molecule has 98 valence electrons. The summed E-state index contributed by atoms with van der Waals surface area (Å²) in [6.45, 7) is 4.11. The summed E-state index contributed by atoms with van der Waals surface area (Å²) in [5, 5.41) is 12.8. The molecule has 18 heavy (non-hydrogen) atoms. The first-order chi connectivity index (χ1) is 8.28. The van der Waals surface area contributed by atoms with Gasteiger partial charge in [-0.15, -0.1) is 12.4 Å². The molecule has 0 aromatic heterocycles. The minimum atomic E-state index is -0.140. The standard InChI is InChI=1S/C15H20N2.ClH/c1-2-13-3-5-14(6-4-13)11-15(12-16)7-9-17-10-8-15;/h3-6,17H,2,7-11H2,1H3;1H. The van der Waals surface area contributed by atoms with Crippen LogP contribution in [-0.4, -0.2) is 13.1 Å². The van der Waals surface area contributed by atoms with E-state index in [1.54, 1.807) is 0 Å². The van der Waals surface area contributed by atoms with Crippen LogP contribution in [0.4, 0.5) is 0 Å². The zero-order valence-corrected chi connectivity index (χ0v) is 11.7. The SMILES string of the molecule is CCc1ccc(CC2(C#N)CCNCC2)cc1.Cl. The molecule has 1 saturated heterocycles. The van der Waals surface area contributed by atoms with Gasteiger partial charge in [-0.2, -0.15) is 5.26 Å². The van der Waals surface area contributed by atoms with Gasteiger partial charge in [0.1, 0.15) is 0 Å². The molecule has 1 heterocycles. The number of rotatable bonds is 3. The van der Waals surface area contributed by atoms with Crippen molar-refractivity contribution in [1.82, 2.24) is 5.32 Å². The lowest BCUT2D eigenvalue weighted by Crippen LogP contribution is -2.37. The monoisotopic (exact) mass is 264 g/mol. The lowest BCUT2D eigenvalue weighted by atomic mass is 9.75. The molecule has 0 radical (unpaired) electrons. The molecule has 1 N–H and O–H groups in total. The van der Waals surface area contributed by atoms with Crippen LogP contribution in [0.3, 0.4) is 0 Å². The van der Waals surface area contributed by atoms with E-state index in [0.717, 1.165) is 38.8 Å². The van der Waals surface area contributed by atoms with Crippen molar-refractivity contribution in [1.29, 1.82) is 5.26 Å². The van der Waals surface area contributed by atoms with Crippen LogP contribution in [0.2, 0.25) is 0 Å². The van der Waals surface area contributed by atoms with Gasteiger partial charge in [0.05, 0.1) is 11.5 Å². The van der Waals surface area contributed by atoms with Crippen molar-refractivity contribution in [3.63, 3.8) is 0 Å². The largest absolute Gasteiger partial charge is 0.317 e. The van der Waals surface area contributed by atoms with Crippen molar-refractivity contribution >= 4 is 12.4 Å². The highest BCUT2D eigenvalue weighted by Crippen LogP contribution is 2.32. The average Bonchev–Trinajstić information content (AvgIpc) is 2.41. The number of benzene rings is 1. The topological polar surface area (TPSA) is 35.8 Å². The third-order valence-electron chi connectivity index (χ3n) is 3.77. The van der Waals surface area contributed by atoms with Gasteiger partial charge in [-0.3, -0.25) is 0 Å². The predicted molar refractivity (Wildman–Crippen MR) is 76.9 cm³/mol. The second kappa shape index (κ2) is 6.78. The highest BCUT2D eigenvalue weighted by molar-refractivity contribution is 5.85. The van der Waals surface area contributed by atoms with Gasteiger partial charge in [0.2, 0.25) is 0 Å². The molecule has 3 heteroatoms. The van der Waals surface area contributed by atoms with Gasteiger partial charge in [-0.05, 0) is 49.9 Å². The van der Waals surface area contributed by atoms with Gasteiger partial charge in [-0.1, -0.05) is 31.2 Å². The zero-order valence-electron chi connectivity index (χ0n) is 10.9. The summed E-state index contributed by atoms with van der Waals surface area (Å²) in [5.41, 5.74) is 2.52. The van der Waals surface area contributed by atoms with E-state index in [9.17, 15) is 5.26 Å². The van der Waals surface area contributed by atoms with Gasteiger partial charge >= 0.3 is 0 Å². The lowest BCUT2D eigenvalue weighted by Gasteiger charge is -2.31. The van der Waals surface area contributed by atoms with E-state index in [4.69, 9.17) is 0 Å². The smallest absolute Gasteiger partial charge is 0.0694 e. The molecule has 0 bridgehead atoms. The van der Waals surface area contributed by atoms with Gasteiger partial charge in [-0.25, -0.2) is 0 Å². The maximum atomic E-state index is 9.43. The van der Waals surface area contributed by atoms with Crippen molar-refractivity contribution in [2.75, 3.05) is 13.1 Å². The van der Waals surface area contributed by atoms with Gasteiger partial charge < -0.3 is 5.32 Å². The number of piperidine rings is 1. The summed E-state index contributed by atoms with van der Waals surface area (Å²) < 4.78 is 0. The second-order valence-corrected chi connectivity index (χ2v) is 4.99. The number of aryl methyl sites for hydroxylation is 1. The Bertz CT molecular complexity index is 399. The molecule has 1 aromatic carbocycles. The van der Waals surface area contributed by atoms with Gasteiger partial charge in [0, 0.05) is 0 Å². The van der Waals surface area contributed by atoms with E-state index in [1.165, 1.54) is 11.1 Å². The maximum absolute atomic E-state index is 9.43. The van der Waals surface area contributed by atoms with Crippen molar-refractivity contribution in [3.05, 3.63) is 35.4 Å². The summed E-state index contributed by atoms with van der Waals surface area (Å²) in [4.78, 5) is 0. The van der Waals surface area contributed by atoms with Crippen LogP contribution in [-0.2, 0) is 12.8 Å². The first-order valence-corrected chi connectivity index (χ1v) is 6.48. The van der Waals surface area contributed by atoms with E-state index in [1.807, 2.05) is 0 Å². The highest BCUT2D eigenvalue weighted by atomic mass is 35.5. The Labute approximate surface area is 116 Å². The fourth-order valence-corrected chi connectivity index (χ4v) is 2.52. The molecule has 0 saturated carbocycles. The zero-order chi connectivity index (χ0) is 12.1. The Morgan fingerprint density at radius 3 is 2.22 bits per heavy atom.